The first kappa shape index (κ1) is 15.2. The van der Waals surface area contributed by atoms with E-state index in [0.717, 1.165) is 10.0 Å². The number of aliphatic hydroxyl groups is 2. The van der Waals surface area contributed by atoms with Crippen LogP contribution in [0.5, 0.6) is 0 Å². The van der Waals surface area contributed by atoms with Crippen LogP contribution < -0.4 is 0 Å². The summed E-state index contributed by atoms with van der Waals surface area (Å²) in [5.74, 6) is 1.28. The maximum absolute atomic E-state index is 8.97. The third-order valence-electron chi connectivity index (χ3n) is 2.87. The molecule has 1 heterocycles. The van der Waals surface area contributed by atoms with Gasteiger partial charge in [-0.3, -0.25) is 4.90 Å². The number of aromatic nitrogens is 1. The summed E-state index contributed by atoms with van der Waals surface area (Å²) < 4.78 is 6.71. The summed E-state index contributed by atoms with van der Waals surface area (Å²) in [6, 6.07) is 7.80. The molecular formula is C14H17BrN2O3. The number of aliphatic hydroxyl groups excluding tert-OH is 2. The lowest BCUT2D eigenvalue weighted by Crippen LogP contribution is -2.29. The summed E-state index contributed by atoms with van der Waals surface area (Å²) in [6.07, 6.45) is 1.69. The number of halogens is 1. The van der Waals surface area contributed by atoms with Crippen molar-refractivity contribution in [3.05, 3.63) is 40.8 Å². The van der Waals surface area contributed by atoms with E-state index in [1.54, 1.807) is 6.20 Å². The molecule has 0 aliphatic heterocycles. The summed E-state index contributed by atoms with van der Waals surface area (Å²) in [4.78, 5) is 6.12. The van der Waals surface area contributed by atoms with Crippen LogP contribution in [-0.4, -0.2) is 46.4 Å². The number of hydrogen-bond donors (Lipinski definition) is 2. The van der Waals surface area contributed by atoms with Crippen molar-refractivity contribution in [2.24, 2.45) is 0 Å². The van der Waals surface area contributed by atoms with E-state index in [-0.39, 0.29) is 13.2 Å². The van der Waals surface area contributed by atoms with Crippen LogP contribution in [0.4, 0.5) is 0 Å². The van der Waals surface area contributed by atoms with Gasteiger partial charge in [0.05, 0.1) is 26.0 Å². The molecule has 0 fully saturated rings. The molecule has 0 aliphatic carbocycles. The second-order valence-electron chi connectivity index (χ2n) is 4.35. The zero-order chi connectivity index (χ0) is 14.4. The van der Waals surface area contributed by atoms with Gasteiger partial charge in [0.25, 0.3) is 0 Å². The van der Waals surface area contributed by atoms with Gasteiger partial charge in [-0.1, -0.05) is 28.1 Å². The first-order valence-corrected chi connectivity index (χ1v) is 7.17. The molecule has 2 rings (SSSR count). The molecule has 6 heteroatoms. The number of oxazole rings is 1. The Bertz CT molecular complexity index is 521. The summed E-state index contributed by atoms with van der Waals surface area (Å²) in [5.41, 5.74) is 0.961. The highest BCUT2D eigenvalue weighted by Crippen LogP contribution is 2.22. The Labute approximate surface area is 126 Å². The van der Waals surface area contributed by atoms with Crippen LogP contribution in [-0.2, 0) is 6.54 Å². The third-order valence-corrected chi connectivity index (χ3v) is 3.40. The lowest BCUT2D eigenvalue weighted by atomic mass is 10.2. The van der Waals surface area contributed by atoms with Crippen LogP contribution in [0.1, 0.15) is 5.89 Å². The SMILES string of the molecule is OCCN(CCO)Cc1ncc(-c2ccc(Br)cc2)o1. The summed E-state index contributed by atoms with van der Waals surface area (Å²) in [7, 11) is 0. The van der Waals surface area contributed by atoms with Crippen molar-refractivity contribution in [2.45, 2.75) is 6.54 Å². The molecule has 0 atom stereocenters. The van der Waals surface area contributed by atoms with E-state index in [4.69, 9.17) is 14.6 Å². The van der Waals surface area contributed by atoms with E-state index in [1.165, 1.54) is 0 Å². The van der Waals surface area contributed by atoms with Crippen LogP contribution in [0.3, 0.4) is 0 Å². The first-order valence-electron chi connectivity index (χ1n) is 6.37. The molecule has 0 saturated carbocycles. The van der Waals surface area contributed by atoms with E-state index >= 15 is 0 Å². The second kappa shape index (κ2) is 7.54. The Morgan fingerprint density at radius 1 is 1.10 bits per heavy atom. The summed E-state index contributed by atoms with van der Waals surface area (Å²) in [6.45, 7) is 1.52. The van der Waals surface area contributed by atoms with Crippen molar-refractivity contribution in [3.63, 3.8) is 0 Å². The average Bonchev–Trinajstić information content (AvgIpc) is 2.89. The van der Waals surface area contributed by atoms with E-state index < -0.39 is 0 Å². The molecule has 0 amide bonds. The fraction of sp³-hybridized carbons (Fsp3) is 0.357. The van der Waals surface area contributed by atoms with E-state index in [0.29, 0.717) is 31.3 Å². The first-order chi connectivity index (χ1) is 9.72. The molecule has 1 aromatic carbocycles. The average molecular weight is 341 g/mol. The molecule has 20 heavy (non-hydrogen) atoms. The molecular weight excluding hydrogens is 324 g/mol. The predicted octanol–water partition coefficient (Wildman–Crippen LogP) is 1.89. The Balaban J connectivity index is 2.06. The van der Waals surface area contributed by atoms with Crippen molar-refractivity contribution in [2.75, 3.05) is 26.3 Å². The van der Waals surface area contributed by atoms with Gasteiger partial charge in [-0.2, -0.15) is 0 Å². The highest BCUT2D eigenvalue weighted by Gasteiger charge is 2.11. The highest BCUT2D eigenvalue weighted by atomic mass is 79.9. The second-order valence-corrected chi connectivity index (χ2v) is 5.26. The van der Waals surface area contributed by atoms with Gasteiger partial charge in [0, 0.05) is 23.1 Å². The smallest absolute Gasteiger partial charge is 0.209 e. The van der Waals surface area contributed by atoms with Gasteiger partial charge >= 0.3 is 0 Å². The molecule has 0 unspecified atom stereocenters. The van der Waals surface area contributed by atoms with Crippen molar-refractivity contribution < 1.29 is 14.6 Å². The van der Waals surface area contributed by atoms with E-state index in [9.17, 15) is 0 Å². The molecule has 1 aromatic heterocycles. The number of nitrogens with zero attached hydrogens (tertiary/aromatic N) is 2. The molecule has 2 aromatic rings. The third kappa shape index (κ3) is 4.14. The van der Waals surface area contributed by atoms with Gasteiger partial charge in [0.15, 0.2) is 5.76 Å². The van der Waals surface area contributed by atoms with Crippen molar-refractivity contribution in [1.29, 1.82) is 0 Å². The maximum atomic E-state index is 8.97. The molecule has 5 nitrogen and oxygen atoms in total. The Kier molecular flexibility index (Phi) is 5.72. The standard InChI is InChI=1S/C14H17BrN2O3/c15-12-3-1-11(2-4-12)13-9-16-14(20-13)10-17(5-7-18)6-8-19/h1-4,9,18-19H,5-8,10H2. The zero-order valence-electron chi connectivity index (χ0n) is 11.0. The minimum atomic E-state index is 0.0419. The zero-order valence-corrected chi connectivity index (χ0v) is 12.6. The topological polar surface area (TPSA) is 69.7 Å². The van der Waals surface area contributed by atoms with Gasteiger partial charge in [0.1, 0.15) is 0 Å². The lowest BCUT2D eigenvalue weighted by Gasteiger charge is -2.17. The van der Waals surface area contributed by atoms with Crippen LogP contribution in [0.15, 0.2) is 39.4 Å². The largest absolute Gasteiger partial charge is 0.439 e. The monoisotopic (exact) mass is 340 g/mol. The Hall–Kier alpha value is -1.21. The Morgan fingerprint density at radius 3 is 2.35 bits per heavy atom. The normalized spacial score (nSPS) is 11.2. The summed E-state index contributed by atoms with van der Waals surface area (Å²) in [5, 5.41) is 17.9. The quantitative estimate of drug-likeness (QED) is 0.805. The Morgan fingerprint density at radius 2 is 1.75 bits per heavy atom. The van der Waals surface area contributed by atoms with Crippen molar-refractivity contribution >= 4 is 15.9 Å². The van der Waals surface area contributed by atoms with Crippen LogP contribution in [0.25, 0.3) is 11.3 Å². The molecule has 108 valence electrons. The van der Waals surface area contributed by atoms with Gasteiger partial charge < -0.3 is 14.6 Å². The van der Waals surface area contributed by atoms with Gasteiger partial charge in [-0.15, -0.1) is 0 Å². The molecule has 0 saturated heterocycles. The number of hydrogen-bond acceptors (Lipinski definition) is 5. The summed E-state index contributed by atoms with van der Waals surface area (Å²) >= 11 is 3.39. The predicted molar refractivity (Wildman–Crippen MR) is 79.1 cm³/mol. The lowest BCUT2D eigenvalue weighted by molar-refractivity contribution is 0.147. The van der Waals surface area contributed by atoms with Crippen LogP contribution in [0.2, 0.25) is 0 Å². The fourth-order valence-electron chi connectivity index (χ4n) is 1.88. The number of rotatable bonds is 7. The van der Waals surface area contributed by atoms with Gasteiger partial charge in [-0.05, 0) is 12.1 Å². The van der Waals surface area contributed by atoms with Crippen LogP contribution >= 0.6 is 15.9 Å². The van der Waals surface area contributed by atoms with Gasteiger partial charge in [0.2, 0.25) is 5.89 Å². The van der Waals surface area contributed by atoms with E-state index in [1.807, 2.05) is 29.2 Å². The number of benzene rings is 1. The van der Waals surface area contributed by atoms with Gasteiger partial charge in [-0.25, -0.2) is 4.98 Å². The van der Waals surface area contributed by atoms with Crippen molar-refractivity contribution in [3.8, 4) is 11.3 Å². The van der Waals surface area contributed by atoms with Crippen molar-refractivity contribution in [1.82, 2.24) is 9.88 Å². The molecule has 2 N–H and O–H groups in total. The minimum Gasteiger partial charge on any atom is -0.439 e. The fourth-order valence-corrected chi connectivity index (χ4v) is 2.14. The molecule has 0 spiro atoms. The maximum Gasteiger partial charge on any atom is 0.209 e. The highest BCUT2D eigenvalue weighted by molar-refractivity contribution is 9.10. The van der Waals surface area contributed by atoms with E-state index in [2.05, 4.69) is 20.9 Å². The molecule has 0 aliphatic rings. The minimum absolute atomic E-state index is 0.0419. The molecule has 0 bridgehead atoms. The molecule has 0 radical (unpaired) electrons. The van der Waals surface area contributed by atoms with Crippen LogP contribution in [0, 0.1) is 0 Å².